The molecule has 0 bridgehead atoms. The summed E-state index contributed by atoms with van der Waals surface area (Å²) in [5.74, 6) is -0.547. The van der Waals surface area contributed by atoms with Crippen molar-refractivity contribution in [3.8, 4) is 11.3 Å². The third kappa shape index (κ3) is 3.75. The molecule has 0 aliphatic carbocycles. The molecule has 0 aliphatic rings. The van der Waals surface area contributed by atoms with Crippen molar-refractivity contribution in [1.82, 2.24) is 19.9 Å². The fourth-order valence-electron chi connectivity index (χ4n) is 3.28. The van der Waals surface area contributed by atoms with Crippen molar-refractivity contribution in [2.45, 2.75) is 6.54 Å². The molecule has 0 unspecified atom stereocenters. The number of amides is 1. The lowest BCUT2D eigenvalue weighted by molar-refractivity contribution is 0.0962. The Balaban J connectivity index is 1.71. The molecule has 4 aromatic rings. The van der Waals surface area contributed by atoms with E-state index in [2.05, 4.69) is 15.3 Å². The molecule has 0 spiro atoms. The number of carbonyl (C=O) groups excluding carboxylic acids is 1. The average Bonchev–Trinajstić information content (AvgIpc) is 2.74. The number of aromatic nitrogens is 3. The van der Waals surface area contributed by atoms with Crippen molar-refractivity contribution in [3.63, 3.8) is 0 Å². The van der Waals surface area contributed by atoms with Crippen LogP contribution in [0.4, 0.5) is 10.2 Å². The van der Waals surface area contributed by atoms with E-state index in [1.54, 1.807) is 36.7 Å². The van der Waals surface area contributed by atoms with Gasteiger partial charge in [0.25, 0.3) is 11.5 Å². The summed E-state index contributed by atoms with van der Waals surface area (Å²) >= 11 is 0. The first-order valence-electron chi connectivity index (χ1n) is 9.17. The van der Waals surface area contributed by atoms with Crippen molar-refractivity contribution >= 4 is 22.5 Å². The van der Waals surface area contributed by atoms with Gasteiger partial charge in [-0.1, -0.05) is 0 Å². The topological polar surface area (TPSA) is 103 Å². The number of hydrogen-bond donors (Lipinski definition) is 2. The summed E-state index contributed by atoms with van der Waals surface area (Å²) in [5, 5.41) is 3.62. The molecule has 0 fully saturated rings. The molecule has 7 nitrogen and oxygen atoms in total. The number of nitrogens with zero attached hydrogens (tertiary/aromatic N) is 3. The maximum atomic E-state index is 13.9. The number of fused-ring (bicyclic) bond motifs is 1. The van der Waals surface area contributed by atoms with Crippen LogP contribution in [-0.2, 0) is 6.54 Å². The number of halogens is 1. The number of rotatable bonds is 4. The first kappa shape index (κ1) is 19.3. The van der Waals surface area contributed by atoms with Crippen molar-refractivity contribution in [3.05, 3.63) is 88.4 Å². The number of nitrogen functional groups attached to an aromatic ring is 1. The third-order valence-electron chi connectivity index (χ3n) is 4.74. The van der Waals surface area contributed by atoms with Crippen LogP contribution in [0.5, 0.6) is 0 Å². The molecule has 150 valence electrons. The Morgan fingerprint density at radius 3 is 2.77 bits per heavy atom. The zero-order valence-corrected chi connectivity index (χ0v) is 16.1. The Morgan fingerprint density at radius 1 is 1.17 bits per heavy atom. The van der Waals surface area contributed by atoms with Crippen molar-refractivity contribution < 1.29 is 9.18 Å². The molecule has 4 rings (SSSR count). The lowest BCUT2D eigenvalue weighted by Gasteiger charge is -2.10. The highest BCUT2D eigenvalue weighted by atomic mass is 19.1. The van der Waals surface area contributed by atoms with Gasteiger partial charge in [-0.05, 0) is 53.4 Å². The van der Waals surface area contributed by atoms with E-state index in [-0.39, 0.29) is 17.7 Å². The molecular formula is C22H18FN5O2. The summed E-state index contributed by atoms with van der Waals surface area (Å²) in [7, 11) is 1.47. The number of nitrogens with two attached hydrogens (primary N) is 1. The largest absolute Gasteiger partial charge is 0.384 e. The molecule has 1 aromatic carbocycles. The van der Waals surface area contributed by atoms with Gasteiger partial charge < -0.3 is 15.6 Å². The van der Waals surface area contributed by atoms with Crippen LogP contribution in [0.2, 0.25) is 0 Å². The predicted molar refractivity (Wildman–Crippen MR) is 113 cm³/mol. The summed E-state index contributed by atoms with van der Waals surface area (Å²) in [6.45, 7) is 0.124. The molecule has 8 heteroatoms. The van der Waals surface area contributed by atoms with Gasteiger partial charge in [-0.3, -0.25) is 14.6 Å². The highest BCUT2D eigenvalue weighted by molar-refractivity contribution is 5.94. The second-order valence-electron chi connectivity index (χ2n) is 6.80. The summed E-state index contributed by atoms with van der Waals surface area (Å²) in [5.41, 5.74) is 7.65. The zero-order valence-electron chi connectivity index (χ0n) is 16.1. The van der Waals surface area contributed by atoms with Crippen LogP contribution in [0.15, 0.2) is 65.8 Å². The van der Waals surface area contributed by atoms with E-state index in [1.807, 2.05) is 6.07 Å². The molecule has 0 saturated heterocycles. The molecule has 1 amide bonds. The van der Waals surface area contributed by atoms with Crippen LogP contribution in [0, 0.1) is 5.82 Å². The Bertz CT molecular complexity index is 1330. The summed E-state index contributed by atoms with van der Waals surface area (Å²) in [6.07, 6.45) is 4.75. The second-order valence-corrected chi connectivity index (χ2v) is 6.80. The highest BCUT2D eigenvalue weighted by Gasteiger charge is 2.10. The van der Waals surface area contributed by atoms with Crippen molar-refractivity contribution in [2.75, 3.05) is 12.8 Å². The second kappa shape index (κ2) is 7.75. The van der Waals surface area contributed by atoms with E-state index in [4.69, 9.17) is 5.73 Å². The van der Waals surface area contributed by atoms with Gasteiger partial charge in [-0.15, -0.1) is 0 Å². The highest BCUT2D eigenvalue weighted by Crippen LogP contribution is 2.21. The van der Waals surface area contributed by atoms with Gasteiger partial charge in [0.1, 0.15) is 11.6 Å². The first-order chi connectivity index (χ1) is 14.4. The number of benzene rings is 1. The van der Waals surface area contributed by atoms with Crippen LogP contribution < -0.4 is 16.6 Å². The molecule has 0 aliphatic heterocycles. The number of hydrogen-bond acceptors (Lipinski definition) is 5. The fourth-order valence-corrected chi connectivity index (χ4v) is 3.28. The van der Waals surface area contributed by atoms with Crippen molar-refractivity contribution in [1.29, 1.82) is 0 Å². The monoisotopic (exact) mass is 403 g/mol. The van der Waals surface area contributed by atoms with Gasteiger partial charge in [-0.25, -0.2) is 9.37 Å². The van der Waals surface area contributed by atoms with Crippen LogP contribution in [0.3, 0.4) is 0 Å². The summed E-state index contributed by atoms with van der Waals surface area (Å²) < 4.78 is 15.4. The minimum atomic E-state index is -0.539. The number of carbonyl (C=O) groups is 1. The zero-order chi connectivity index (χ0) is 21.3. The number of nitrogens with one attached hydrogen (secondary N) is 1. The Morgan fingerprint density at radius 2 is 2.00 bits per heavy atom. The Kier molecular flexibility index (Phi) is 4.97. The predicted octanol–water partition coefficient (Wildman–Crippen LogP) is 2.59. The minimum absolute atomic E-state index is 0.124. The first-order valence-corrected chi connectivity index (χ1v) is 9.17. The molecular weight excluding hydrogens is 385 g/mol. The van der Waals surface area contributed by atoms with E-state index < -0.39 is 11.7 Å². The lowest BCUT2D eigenvalue weighted by atomic mass is 10.1. The average molecular weight is 403 g/mol. The van der Waals surface area contributed by atoms with Gasteiger partial charge in [0.15, 0.2) is 0 Å². The van der Waals surface area contributed by atoms with Gasteiger partial charge in [0.05, 0.1) is 17.6 Å². The Hall–Kier alpha value is -4.07. The van der Waals surface area contributed by atoms with Gasteiger partial charge in [-0.2, -0.15) is 0 Å². The van der Waals surface area contributed by atoms with E-state index in [1.165, 1.54) is 23.9 Å². The van der Waals surface area contributed by atoms with E-state index in [9.17, 15) is 14.0 Å². The quantitative estimate of drug-likeness (QED) is 0.545. The van der Waals surface area contributed by atoms with Gasteiger partial charge in [0, 0.05) is 36.8 Å². The van der Waals surface area contributed by atoms with Crippen LogP contribution in [0.1, 0.15) is 15.9 Å². The minimum Gasteiger partial charge on any atom is -0.384 e. The summed E-state index contributed by atoms with van der Waals surface area (Å²) in [4.78, 5) is 33.1. The third-order valence-corrected chi connectivity index (χ3v) is 4.74. The number of pyridine rings is 3. The van der Waals surface area contributed by atoms with Crippen molar-refractivity contribution in [2.24, 2.45) is 0 Å². The molecule has 0 radical (unpaired) electrons. The maximum Gasteiger partial charge on any atom is 0.260 e. The van der Waals surface area contributed by atoms with Crippen LogP contribution in [0.25, 0.3) is 22.0 Å². The molecule has 3 N–H and O–H groups in total. The van der Waals surface area contributed by atoms with Crippen LogP contribution in [-0.4, -0.2) is 27.5 Å². The molecule has 0 saturated carbocycles. The number of anilines is 1. The molecule has 3 heterocycles. The van der Waals surface area contributed by atoms with Crippen LogP contribution >= 0.6 is 0 Å². The summed E-state index contributed by atoms with van der Waals surface area (Å²) in [6, 6.07) is 11.1. The fraction of sp³-hybridized carbons (Fsp3) is 0.0909. The lowest BCUT2D eigenvalue weighted by Crippen LogP contribution is -2.21. The van der Waals surface area contributed by atoms with Gasteiger partial charge in [0.2, 0.25) is 0 Å². The molecule has 3 aromatic heterocycles. The normalized spacial score (nSPS) is 10.9. The van der Waals surface area contributed by atoms with E-state index in [0.29, 0.717) is 22.5 Å². The molecule has 0 atom stereocenters. The SMILES string of the molecule is CNC(=O)c1cc(F)cc(Cn2ccc3cc(-c4ccnc(N)c4)ncc3c2=O)c1. The standard InChI is InChI=1S/C22H18FN5O2/c1-25-21(29)16-6-13(7-17(23)8-16)12-28-5-3-14-9-19(27-11-18(14)22(28)30)15-2-4-26-20(24)10-15/h2-11H,12H2,1H3,(H2,24,26)(H,25,29). The Labute approximate surface area is 171 Å². The van der Waals surface area contributed by atoms with E-state index in [0.717, 1.165) is 17.0 Å². The van der Waals surface area contributed by atoms with E-state index >= 15 is 0 Å². The molecule has 30 heavy (non-hydrogen) atoms. The maximum absolute atomic E-state index is 13.9. The smallest absolute Gasteiger partial charge is 0.260 e. The van der Waals surface area contributed by atoms with Gasteiger partial charge >= 0.3 is 0 Å².